The molecule has 1 amide bonds. The number of anilines is 1. The smallest absolute Gasteiger partial charge is 0.319 e. The molecule has 232 valence electrons. The van der Waals surface area contributed by atoms with Gasteiger partial charge in [-0.2, -0.15) is 4.31 Å². The molecule has 0 radical (unpaired) electrons. The Hall–Kier alpha value is -2.96. The molecule has 5 rings (SSSR count). The summed E-state index contributed by atoms with van der Waals surface area (Å²) in [6, 6.07) is 14.2. The number of pyridine rings is 1. The van der Waals surface area contributed by atoms with E-state index in [1.807, 2.05) is 12.1 Å². The molecule has 0 spiro atoms. The number of halogens is 2. The summed E-state index contributed by atoms with van der Waals surface area (Å²) in [5.74, 6) is -0.535. The summed E-state index contributed by atoms with van der Waals surface area (Å²) in [4.78, 5) is 33.7. The van der Waals surface area contributed by atoms with Gasteiger partial charge in [-0.15, -0.1) is 12.4 Å². The molecule has 2 fully saturated rings. The van der Waals surface area contributed by atoms with E-state index in [1.54, 1.807) is 60.6 Å². The van der Waals surface area contributed by atoms with Gasteiger partial charge in [-0.25, -0.2) is 8.42 Å². The van der Waals surface area contributed by atoms with Crippen LogP contribution in [0, 0.1) is 5.41 Å². The van der Waals surface area contributed by atoms with Crippen LogP contribution in [0.15, 0.2) is 65.8 Å². The molecule has 3 heterocycles. The normalized spacial score (nSPS) is 17.5. The number of ether oxygens (including phenoxy) is 1. The lowest BCUT2D eigenvalue weighted by atomic mass is 9.77. The van der Waals surface area contributed by atoms with Crippen molar-refractivity contribution in [2.75, 3.05) is 63.9 Å². The zero-order chi connectivity index (χ0) is 29.7. The van der Waals surface area contributed by atoms with Crippen LogP contribution >= 0.6 is 24.0 Å². The van der Waals surface area contributed by atoms with Crippen molar-refractivity contribution in [3.63, 3.8) is 0 Å². The van der Waals surface area contributed by atoms with Crippen molar-refractivity contribution >= 4 is 62.4 Å². The number of amides is 1. The van der Waals surface area contributed by atoms with E-state index in [9.17, 15) is 18.0 Å². The van der Waals surface area contributed by atoms with Gasteiger partial charge < -0.3 is 19.9 Å². The number of esters is 1. The Morgan fingerprint density at radius 2 is 1.72 bits per heavy atom. The van der Waals surface area contributed by atoms with Gasteiger partial charge in [0.05, 0.1) is 24.6 Å². The fourth-order valence-corrected chi connectivity index (χ4v) is 7.39. The molecule has 0 bridgehead atoms. The molecule has 1 aromatic heterocycles. The van der Waals surface area contributed by atoms with Gasteiger partial charge in [0.2, 0.25) is 15.9 Å². The second-order valence-corrected chi connectivity index (χ2v) is 13.3. The van der Waals surface area contributed by atoms with Gasteiger partial charge >= 0.3 is 5.97 Å². The minimum atomic E-state index is -3.86. The highest BCUT2D eigenvalue weighted by Crippen LogP contribution is 2.35. The molecular formula is C30H37Cl2N5O5S. The Labute approximate surface area is 263 Å². The molecule has 0 aliphatic carbocycles. The molecule has 0 unspecified atom stereocenters. The first kappa shape index (κ1) is 32.9. The first-order valence-electron chi connectivity index (χ1n) is 14.2. The summed E-state index contributed by atoms with van der Waals surface area (Å²) in [6.45, 7) is 5.10. The quantitative estimate of drug-likeness (QED) is 0.332. The Balaban J connectivity index is 0.00000423. The standard InChI is InChI=1S/C30H36ClN5O5S.ClH/c1-2-41-29(38)19-33-21-30(9-13-34(14-10-30)26-7-11-32-12-8-26)22-35-15-16-36(20-28(35)37)42(39,40)27-6-4-23-17-25(31)5-3-24(23)18-27;/h3-8,11-12,17-18,33H,2,9-10,13-16,19-22H2,1H3;1H. The van der Waals surface area contributed by atoms with Crippen molar-refractivity contribution in [2.24, 2.45) is 5.41 Å². The van der Waals surface area contributed by atoms with Gasteiger partial charge in [0, 0.05) is 67.8 Å². The van der Waals surface area contributed by atoms with Crippen molar-refractivity contribution in [3.8, 4) is 0 Å². The SMILES string of the molecule is CCOC(=O)CNCC1(CN2CCN(S(=O)(=O)c3ccc4cc(Cl)ccc4c3)CC2=O)CCN(c2ccncc2)CC1.Cl. The summed E-state index contributed by atoms with van der Waals surface area (Å²) in [5.41, 5.74) is 0.830. The van der Waals surface area contributed by atoms with Crippen molar-refractivity contribution in [2.45, 2.75) is 24.7 Å². The number of piperidine rings is 1. The van der Waals surface area contributed by atoms with Crippen LogP contribution in [-0.4, -0.2) is 93.4 Å². The molecule has 2 aliphatic rings. The molecule has 10 nitrogen and oxygen atoms in total. The van der Waals surface area contributed by atoms with E-state index in [-0.39, 0.29) is 54.2 Å². The number of rotatable bonds is 10. The van der Waals surface area contributed by atoms with E-state index in [0.29, 0.717) is 31.3 Å². The van der Waals surface area contributed by atoms with Gasteiger partial charge in [0.25, 0.3) is 0 Å². The molecule has 0 saturated carbocycles. The molecule has 1 N–H and O–H groups in total. The first-order valence-corrected chi connectivity index (χ1v) is 16.0. The van der Waals surface area contributed by atoms with Crippen molar-refractivity contribution in [1.82, 2.24) is 19.5 Å². The van der Waals surface area contributed by atoms with Crippen LogP contribution in [0.25, 0.3) is 10.8 Å². The number of hydrogen-bond acceptors (Lipinski definition) is 8. The van der Waals surface area contributed by atoms with Gasteiger partial charge in [0.1, 0.15) is 0 Å². The fraction of sp³-hybridized carbons (Fsp3) is 0.433. The number of hydrogen-bond donors (Lipinski definition) is 1. The number of fused-ring (bicyclic) bond motifs is 1. The third-order valence-electron chi connectivity index (χ3n) is 8.15. The number of nitrogens with zero attached hydrogens (tertiary/aromatic N) is 4. The number of sulfonamides is 1. The van der Waals surface area contributed by atoms with E-state index in [0.717, 1.165) is 42.4 Å². The lowest BCUT2D eigenvalue weighted by Gasteiger charge is -2.46. The largest absolute Gasteiger partial charge is 0.465 e. The Morgan fingerprint density at radius 3 is 2.42 bits per heavy atom. The summed E-state index contributed by atoms with van der Waals surface area (Å²) in [6.07, 6.45) is 5.16. The molecule has 43 heavy (non-hydrogen) atoms. The van der Waals surface area contributed by atoms with Crippen molar-refractivity contribution < 1.29 is 22.7 Å². The maximum Gasteiger partial charge on any atom is 0.319 e. The highest BCUT2D eigenvalue weighted by molar-refractivity contribution is 7.89. The summed E-state index contributed by atoms with van der Waals surface area (Å²) in [7, 11) is -3.86. The van der Waals surface area contributed by atoms with Crippen LogP contribution < -0.4 is 10.2 Å². The second kappa shape index (κ2) is 14.2. The van der Waals surface area contributed by atoms with Gasteiger partial charge in [-0.3, -0.25) is 14.6 Å². The van der Waals surface area contributed by atoms with Crippen LogP contribution in [0.3, 0.4) is 0 Å². The first-order chi connectivity index (χ1) is 20.2. The Morgan fingerprint density at radius 1 is 1.02 bits per heavy atom. The maximum absolute atomic E-state index is 13.5. The monoisotopic (exact) mass is 649 g/mol. The third-order valence-corrected chi connectivity index (χ3v) is 10.2. The van der Waals surface area contributed by atoms with Crippen LogP contribution in [0.2, 0.25) is 5.02 Å². The van der Waals surface area contributed by atoms with Crippen LogP contribution in [0.5, 0.6) is 0 Å². The minimum Gasteiger partial charge on any atom is -0.465 e. The average molecular weight is 651 g/mol. The van der Waals surface area contributed by atoms with Gasteiger partial charge in [-0.1, -0.05) is 23.7 Å². The van der Waals surface area contributed by atoms with Crippen LogP contribution in [0.4, 0.5) is 5.69 Å². The maximum atomic E-state index is 13.5. The molecule has 3 aromatic rings. The van der Waals surface area contributed by atoms with Gasteiger partial charge in [0.15, 0.2) is 0 Å². The Kier molecular flexibility index (Phi) is 10.9. The lowest BCUT2D eigenvalue weighted by molar-refractivity contribution is -0.142. The van der Waals surface area contributed by atoms with Crippen molar-refractivity contribution in [1.29, 1.82) is 0 Å². The van der Waals surface area contributed by atoms with E-state index in [2.05, 4.69) is 15.2 Å². The third kappa shape index (κ3) is 7.77. The fourth-order valence-electron chi connectivity index (χ4n) is 5.80. The second-order valence-electron chi connectivity index (χ2n) is 10.9. The summed E-state index contributed by atoms with van der Waals surface area (Å²) < 4.78 is 33.3. The average Bonchev–Trinajstić information content (AvgIpc) is 2.99. The van der Waals surface area contributed by atoms with Crippen LogP contribution in [-0.2, 0) is 24.3 Å². The highest BCUT2D eigenvalue weighted by atomic mass is 35.5. The number of carbonyl (C=O) groups excluding carboxylic acids is 2. The topological polar surface area (TPSA) is 112 Å². The van der Waals surface area contributed by atoms with E-state index in [4.69, 9.17) is 16.3 Å². The molecule has 2 aliphatic heterocycles. The van der Waals surface area contributed by atoms with Crippen LogP contribution in [0.1, 0.15) is 19.8 Å². The number of carbonyl (C=O) groups is 2. The number of aromatic nitrogens is 1. The van der Waals surface area contributed by atoms with E-state index < -0.39 is 10.0 Å². The highest BCUT2D eigenvalue weighted by Gasteiger charge is 2.40. The van der Waals surface area contributed by atoms with E-state index >= 15 is 0 Å². The predicted molar refractivity (Wildman–Crippen MR) is 169 cm³/mol. The molecule has 2 aromatic carbocycles. The zero-order valence-electron chi connectivity index (χ0n) is 24.1. The molecule has 2 saturated heterocycles. The predicted octanol–water partition coefficient (Wildman–Crippen LogP) is 3.58. The molecular weight excluding hydrogens is 613 g/mol. The van der Waals surface area contributed by atoms with Gasteiger partial charge in [-0.05, 0) is 66.9 Å². The Bertz CT molecular complexity index is 1530. The number of piperazine rings is 1. The number of benzene rings is 2. The summed E-state index contributed by atoms with van der Waals surface area (Å²) in [5, 5.41) is 5.45. The summed E-state index contributed by atoms with van der Waals surface area (Å²) >= 11 is 6.07. The molecule has 13 heteroatoms. The lowest BCUT2D eigenvalue weighted by Crippen LogP contribution is -2.58. The number of nitrogens with one attached hydrogen (secondary N) is 1. The molecule has 0 atom stereocenters. The minimum absolute atomic E-state index is 0. The van der Waals surface area contributed by atoms with Crippen molar-refractivity contribution in [3.05, 3.63) is 65.9 Å². The van der Waals surface area contributed by atoms with E-state index in [1.165, 1.54) is 4.31 Å². The zero-order valence-corrected chi connectivity index (χ0v) is 26.5.